The van der Waals surface area contributed by atoms with Crippen molar-refractivity contribution in [1.82, 2.24) is 0 Å². The standard InChI is InChI=1S/C8H9BrN2O/c1-5(12)11-8-4-6(10)2-3-7(8)9/h2-4H,10H2,1H3,(H,11,12). The number of rotatable bonds is 1. The molecule has 0 bridgehead atoms. The number of nitrogens with two attached hydrogens (primary N) is 1. The van der Waals surface area contributed by atoms with Crippen LogP contribution in [-0.2, 0) is 4.79 Å². The van der Waals surface area contributed by atoms with Gasteiger partial charge in [-0.25, -0.2) is 0 Å². The molecule has 0 spiro atoms. The van der Waals surface area contributed by atoms with Crippen molar-refractivity contribution in [2.45, 2.75) is 6.92 Å². The van der Waals surface area contributed by atoms with Crippen molar-refractivity contribution >= 4 is 33.2 Å². The topological polar surface area (TPSA) is 55.1 Å². The van der Waals surface area contributed by atoms with Crippen LogP contribution in [-0.4, -0.2) is 5.91 Å². The van der Waals surface area contributed by atoms with Crippen LogP contribution >= 0.6 is 15.9 Å². The fourth-order valence-corrected chi connectivity index (χ4v) is 1.17. The smallest absolute Gasteiger partial charge is 0.221 e. The lowest BCUT2D eigenvalue weighted by Gasteiger charge is -2.05. The van der Waals surface area contributed by atoms with Gasteiger partial charge in [-0.15, -0.1) is 0 Å². The van der Waals surface area contributed by atoms with Crippen molar-refractivity contribution in [1.29, 1.82) is 0 Å². The molecule has 0 fully saturated rings. The summed E-state index contributed by atoms with van der Waals surface area (Å²) in [5.74, 6) is -0.110. The summed E-state index contributed by atoms with van der Waals surface area (Å²) in [6.45, 7) is 1.45. The van der Waals surface area contributed by atoms with E-state index in [0.717, 1.165) is 4.47 Å². The Morgan fingerprint density at radius 2 is 2.25 bits per heavy atom. The SMILES string of the molecule is CC(=O)Nc1cc(N)ccc1Br. The van der Waals surface area contributed by atoms with Gasteiger partial charge in [0, 0.05) is 17.1 Å². The molecular weight excluding hydrogens is 220 g/mol. The van der Waals surface area contributed by atoms with Crippen molar-refractivity contribution < 1.29 is 4.79 Å². The Kier molecular flexibility index (Phi) is 2.70. The third kappa shape index (κ3) is 2.23. The van der Waals surface area contributed by atoms with Crippen molar-refractivity contribution in [2.75, 3.05) is 11.1 Å². The van der Waals surface area contributed by atoms with Gasteiger partial charge in [0.2, 0.25) is 5.91 Å². The Hall–Kier alpha value is -1.03. The number of carbonyl (C=O) groups excluding carboxylic acids is 1. The quantitative estimate of drug-likeness (QED) is 0.723. The Balaban J connectivity index is 2.97. The highest BCUT2D eigenvalue weighted by Crippen LogP contribution is 2.24. The predicted molar refractivity (Wildman–Crippen MR) is 52.9 cm³/mol. The van der Waals surface area contributed by atoms with Crippen LogP contribution in [0.15, 0.2) is 22.7 Å². The number of nitrogen functional groups attached to an aromatic ring is 1. The van der Waals surface area contributed by atoms with E-state index >= 15 is 0 Å². The van der Waals surface area contributed by atoms with Gasteiger partial charge < -0.3 is 11.1 Å². The van der Waals surface area contributed by atoms with Crippen LogP contribution in [0.4, 0.5) is 11.4 Å². The summed E-state index contributed by atoms with van der Waals surface area (Å²) in [5, 5.41) is 2.65. The van der Waals surface area contributed by atoms with Gasteiger partial charge >= 0.3 is 0 Å². The molecule has 1 amide bonds. The lowest BCUT2D eigenvalue weighted by atomic mass is 10.3. The fourth-order valence-electron chi connectivity index (χ4n) is 0.828. The minimum absolute atomic E-state index is 0.110. The average Bonchev–Trinajstić information content (AvgIpc) is 1.96. The van der Waals surface area contributed by atoms with Gasteiger partial charge in [0.15, 0.2) is 0 Å². The van der Waals surface area contributed by atoms with Gasteiger partial charge in [0.25, 0.3) is 0 Å². The Bertz CT molecular complexity index is 312. The number of anilines is 2. The first-order valence-corrected chi connectivity index (χ1v) is 4.21. The van der Waals surface area contributed by atoms with Crippen molar-refractivity contribution in [3.8, 4) is 0 Å². The van der Waals surface area contributed by atoms with Crippen LogP contribution in [0.3, 0.4) is 0 Å². The molecule has 0 aliphatic heterocycles. The summed E-state index contributed by atoms with van der Waals surface area (Å²) in [6.07, 6.45) is 0. The molecule has 12 heavy (non-hydrogen) atoms. The number of halogens is 1. The second kappa shape index (κ2) is 3.58. The molecule has 1 aromatic carbocycles. The van der Waals surface area contributed by atoms with E-state index in [1.54, 1.807) is 18.2 Å². The summed E-state index contributed by atoms with van der Waals surface area (Å²) >= 11 is 3.29. The zero-order valence-electron chi connectivity index (χ0n) is 6.60. The van der Waals surface area contributed by atoms with Crippen molar-refractivity contribution in [2.24, 2.45) is 0 Å². The van der Waals surface area contributed by atoms with Crippen LogP contribution in [0.25, 0.3) is 0 Å². The molecule has 0 heterocycles. The molecule has 3 nitrogen and oxygen atoms in total. The second-order valence-corrected chi connectivity index (χ2v) is 3.27. The van der Waals surface area contributed by atoms with E-state index in [0.29, 0.717) is 11.4 Å². The van der Waals surface area contributed by atoms with Crippen LogP contribution in [0.2, 0.25) is 0 Å². The van der Waals surface area contributed by atoms with E-state index in [1.807, 2.05) is 0 Å². The second-order valence-electron chi connectivity index (χ2n) is 2.42. The maximum absolute atomic E-state index is 10.7. The Morgan fingerprint density at radius 1 is 1.58 bits per heavy atom. The van der Waals surface area contributed by atoms with Gasteiger partial charge in [-0.2, -0.15) is 0 Å². The van der Waals surface area contributed by atoms with Crippen LogP contribution in [0.5, 0.6) is 0 Å². The Labute approximate surface area is 79.1 Å². The normalized spacial score (nSPS) is 9.50. The summed E-state index contributed by atoms with van der Waals surface area (Å²) in [7, 11) is 0. The molecular formula is C8H9BrN2O. The summed E-state index contributed by atoms with van der Waals surface area (Å²) in [6, 6.07) is 5.25. The molecule has 0 aliphatic carbocycles. The number of hydrogen-bond donors (Lipinski definition) is 2. The van der Waals surface area contributed by atoms with E-state index in [1.165, 1.54) is 6.92 Å². The Morgan fingerprint density at radius 3 is 2.83 bits per heavy atom. The molecule has 4 heteroatoms. The molecule has 0 saturated carbocycles. The molecule has 0 aromatic heterocycles. The first-order valence-electron chi connectivity index (χ1n) is 3.42. The zero-order valence-corrected chi connectivity index (χ0v) is 8.18. The largest absolute Gasteiger partial charge is 0.399 e. The fraction of sp³-hybridized carbons (Fsp3) is 0.125. The number of benzene rings is 1. The number of amides is 1. The molecule has 1 rings (SSSR count). The first-order chi connectivity index (χ1) is 5.59. The minimum Gasteiger partial charge on any atom is -0.399 e. The molecule has 0 unspecified atom stereocenters. The lowest BCUT2D eigenvalue weighted by molar-refractivity contribution is -0.114. The molecule has 3 N–H and O–H groups in total. The van der Waals surface area contributed by atoms with Gasteiger partial charge in [0.05, 0.1) is 5.69 Å². The number of hydrogen-bond acceptors (Lipinski definition) is 2. The lowest BCUT2D eigenvalue weighted by Crippen LogP contribution is -2.06. The summed E-state index contributed by atoms with van der Waals surface area (Å²) in [5.41, 5.74) is 6.85. The molecule has 0 atom stereocenters. The summed E-state index contributed by atoms with van der Waals surface area (Å²) < 4.78 is 0.826. The molecule has 64 valence electrons. The van der Waals surface area contributed by atoms with E-state index < -0.39 is 0 Å². The van der Waals surface area contributed by atoms with Crippen molar-refractivity contribution in [3.05, 3.63) is 22.7 Å². The van der Waals surface area contributed by atoms with E-state index in [4.69, 9.17) is 5.73 Å². The van der Waals surface area contributed by atoms with Gasteiger partial charge in [0.1, 0.15) is 0 Å². The molecule has 0 saturated heterocycles. The highest BCUT2D eigenvalue weighted by molar-refractivity contribution is 9.10. The third-order valence-corrected chi connectivity index (χ3v) is 1.99. The van der Waals surface area contributed by atoms with Crippen LogP contribution < -0.4 is 11.1 Å². The molecule has 0 aliphatic rings. The van der Waals surface area contributed by atoms with Gasteiger partial charge in [-0.05, 0) is 34.1 Å². The summed E-state index contributed by atoms with van der Waals surface area (Å²) in [4.78, 5) is 10.7. The minimum atomic E-state index is -0.110. The predicted octanol–water partition coefficient (Wildman–Crippen LogP) is 1.99. The maximum Gasteiger partial charge on any atom is 0.221 e. The third-order valence-electron chi connectivity index (χ3n) is 1.30. The molecule has 1 aromatic rings. The van der Waals surface area contributed by atoms with Crippen LogP contribution in [0.1, 0.15) is 6.92 Å². The highest BCUT2D eigenvalue weighted by atomic mass is 79.9. The van der Waals surface area contributed by atoms with Crippen molar-refractivity contribution in [3.63, 3.8) is 0 Å². The number of carbonyl (C=O) groups is 1. The van der Waals surface area contributed by atoms with E-state index in [9.17, 15) is 4.79 Å². The monoisotopic (exact) mass is 228 g/mol. The van der Waals surface area contributed by atoms with Gasteiger partial charge in [-0.1, -0.05) is 0 Å². The van der Waals surface area contributed by atoms with E-state index in [-0.39, 0.29) is 5.91 Å². The highest BCUT2D eigenvalue weighted by Gasteiger charge is 2.00. The molecule has 0 radical (unpaired) electrons. The van der Waals surface area contributed by atoms with Gasteiger partial charge in [-0.3, -0.25) is 4.79 Å². The maximum atomic E-state index is 10.7. The first kappa shape index (κ1) is 9.06. The zero-order chi connectivity index (χ0) is 9.14. The average molecular weight is 229 g/mol. The number of nitrogens with one attached hydrogen (secondary N) is 1. The van der Waals surface area contributed by atoms with E-state index in [2.05, 4.69) is 21.2 Å². The van der Waals surface area contributed by atoms with Crippen LogP contribution in [0, 0.1) is 0 Å².